The molecule has 0 aromatic heterocycles. The van der Waals surface area contributed by atoms with Gasteiger partial charge in [0, 0.05) is 25.2 Å². The van der Waals surface area contributed by atoms with E-state index in [1.807, 2.05) is 30.9 Å². The van der Waals surface area contributed by atoms with Crippen molar-refractivity contribution < 1.29 is 23.9 Å². The average molecular weight is 429 g/mol. The standard InChI is InChI=1S/C22H27N3O6/c1-14-11-20(29-3)21(30-4)13-17(14)15(2)23-22(26)18-12-16(25(27)28)5-6-19(18)24-7-9-31-10-8-24/h5-6,11-13,15H,7-10H2,1-4H3,(H,23,26). The largest absolute Gasteiger partial charge is 0.493 e. The molecule has 0 spiro atoms. The van der Waals surface area contributed by atoms with Crippen molar-refractivity contribution >= 4 is 17.3 Å². The first-order valence-corrected chi connectivity index (χ1v) is 10.00. The Labute approximate surface area is 181 Å². The summed E-state index contributed by atoms with van der Waals surface area (Å²) in [6.07, 6.45) is 0. The summed E-state index contributed by atoms with van der Waals surface area (Å²) in [6.45, 7) is 6.09. The van der Waals surface area contributed by atoms with Gasteiger partial charge in [-0.25, -0.2) is 0 Å². The highest BCUT2D eigenvalue weighted by Gasteiger charge is 2.24. The Kier molecular flexibility index (Phi) is 6.96. The molecule has 1 unspecified atom stereocenters. The van der Waals surface area contributed by atoms with Gasteiger partial charge in [0.25, 0.3) is 11.6 Å². The van der Waals surface area contributed by atoms with E-state index in [4.69, 9.17) is 14.2 Å². The van der Waals surface area contributed by atoms with Gasteiger partial charge in [0.1, 0.15) is 0 Å². The number of ether oxygens (including phenoxy) is 3. The number of nitro benzene ring substituents is 1. The number of rotatable bonds is 7. The van der Waals surface area contributed by atoms with Crippen molar-refractivity contribution in [3.05, 3.63) is 57.1 Å². The smallest absolute Gasteiger partial charge is 0.270 e. The van der Waals surface area contributed by atoms with Gasteiger partial charge in [-0.1, -0.05) is 0 Å². The maximum absolute atomic E-state index is 13.2. The molecule has 9 nitrogen and oxygen atoms in total. The lowest BCUT2D eigenvalue weighted by molar-refractivity contribution is -0.384. The zero-order valence-corrected chi connectivity index (χ0v) is 18.1. The van der Waals surface area contributed by atoms with E-state index < -0.39 is 4.92 Å². The molecule has 1 aliphatic heterocycles. The monoisotopic (exact) mass is 429 g/mol. The second-order valence-corrected chi connectivity index (χ2v) is 7.32. The van der Waals surface area contributed by atoms with E-state index >= 15 is 0 Å². The van der Waals surface area contributed by atoms with Crippen LogP contribution in [0.15, 0.2) is 30.3 Å². The van der Waals surface area contributed by atoms with Crippen LogP contribution in [0.3, 0.4) is 0 Å². The summed E-state index contributed by atoms with van der Waals surface area (Å²) < 4.78 is 16.1. The van der Waals surface area contributed by atoms with Gasteiger partial charge in [-0.2, -0.15) is 0 Å². The number of anilines is 1. The topological polar surface area (TPSA) is 103 Å². The first kappa shape index (κ1) is 22.4. The molecule has 0 saturated carbocycles. The maximum Gasteiger partial charge on any atom is 0.270 e. The first-order valence-electron chi connectivity index (χ1n) is 10.00. The molecule has 0 aliphatic carbocycles. The van der Waals surface area contributed by atoms with Crippen LogP contribution in [0.4, 0.5) is 11.4 Å². The van der Waals surface area contributed by atoms with Crippen molar-refractivity contribution in [2.45, 2.75) is 19.9 Å². The zero-order chi connectivity index (χ0) is 22.5. The summed E-state index contributed by atoms with van der Waals surface area (Å²) in [6, 6.07) is 7.70. The van der Waals surface area contributed by atoms with Gasteiger partial charge < -0.3 is 24.4 Å². The van der Waals surface area contributed by atoms with E-state index in [1.54, 1.807) is 20.3 Å². The van der Waals surface area contributed by atoms with Crippen molar-refractivity contribution in [2.75, 3.05) is 45.4 Å². The highest BCUT2D eigenvalue weighted by Crippen LogP contribution is 2.33. The van der Waals surface area contributed by atoms with Crippen LogP contribution in [0, 0.1) is 17.0 Å². The molecular formula is C22H27N3O6. The molecule has 1 aliphatic rings. The Balaban J connectivity index is 1.91. The minimum atomic E-state index is -0.498. The van der Waals surface area contributed by atoms with Gasteiger partial charge in [-0.05, 0) is 43.2 Å². The molecule has 1 saturated heterocycles. The van der Waals surface area contributed by atoms with Crippen molar-refractivity contribution in [2.24, 2.45) is 0 Å². The van der Waals surface area contributed by atoms with Crippen molar-refractivity contribution in [1.82, 2.24) is 5.32 Å². The SMILES string of the molecule is COc1cc(C)c(C(C)NC(=O)c2cc([N+](=O)[O-])ccc2N2CCOCC2)cc1OC. The zero-order valence-electron chi connectivity index (χ0n) is 18.1. The third-order valence-corrected chi connectivity index (χ3v) is 5.37. The predicted octanol–water partition coefficient (Wildman–Crippen LogP) is 3.25. The lowest BCUT2D eigenvalue weighted by atomic mass is 10.0. The van der Waals surface area contributed by atoms with Crippen molar-refractivity contribution in [1.29, 1.82) is 0 Å². The molecule has 0 bridgehead atoms. The normalized spacial score (nSPS) is 14.6. The van der Waals surface area contributed by atoms with Gasteiger partial charge in [-0.15, -0.1) is 0 Å². The first-order chi connectivity index (χ1) is 14.8. The number of nitro groups is 1. The molecule has 1 fully saturated rings. The summed E-state index contributed by atoms with van der Waals surface area (Å²) in [7, 11) is 3.12. The van der Waals surface area contributed by atoms with Gasteiger partial charge >= 0.3 is 0 Å². The number of morpholine rings is 1. The van der Waals surface area contributed by atoms with Crippen LogP contribution in [0.5, 0.6) is 11.5 Å². The maximum atomic E-state index is 13.2. The number of non-ortho nitro benzene ring substituents is 1. The number of hydrogen-bond acceptors (Lipinski definition) is 7. The van der Waals surface area contributed by atoms with E-state index in [2.05, 4.69) is 5.32 Å². The Hall–Kier alpha value is -3.33. The molecule has 3 rings (SSSR count). The summed E-state index contributed by atoms with van der Waals surface area (Å²) in [4.78, 5) is 26.0. The quantitative estimate of drug-likeness (QED) is 0.532. The second-order valence-electron chi connectivity index (χ2n) is 7.32. The molecule has 1 amide bonds. The predicted molar refractivity (Wildman–Crippen MR) is 116 cm³/mol. The van der Waals surface area contributed by atoms with Gasteiger partial charge in [0.05, 0.1) is 49.6 Å². The second kappa shape index (κ2) is 9.65. The lowest BCUT2D eigenvalue weighted by Crippen LogP contribution is -2.38. The number of hydrogen-bond donors (Lipinski definition) is 1. The van der Waals surface area contributed by atoms with E-state index in [0.29, 0.717) is 43.5 Å². The number of methoxy groups -OCH3 is 2. The molecule has 166 valence electrons. The van der Waals surface area contributed by atoms with E-state index in [9.17, 15) is 14.9 Å². The number of nitrogens with one attached hydrogen (secondary N) is 1. The summed E-state index contributed by atoms with van der Waals surface area (Å²) in [5.41, 5.74) is 2.59. The molecule has 1 atom stereocenters. The van der Waals surface area contributed by atoms with Crippen LogP contribution in [0.1, 0.15) is 34.5 Å². The fourth-order valence-corrected chi connectivity index (χ4v) is 3.71. The molecule has 1 heterocycles. The number of carbonyl (C=O) groups is 1. The van der Waals surface area contributed by atoms with E-state index in [0.717, 1.165) is 11.1 Å². The molecule has 1 N–H and O–H groups in total. The van der Waals surface area contributed by atoms with Crippen LogP contribution in [0.25, 0.3) is 0 Å². The van der Waals surface area contributed by atoms with Crippen LogP contribution in [0.2, 0.25) is 0 Å². The Morgan fingerprint density at radius 1 is 1.16 bits per heavy atom. The summed E-state index contributed by atoms with van der Waals surface area (Å²) in [5, 5.41) is 14.3. The van der Waals surface area contributed by atoms with E-state index in [1.165, 1.54) is 12.1 Å². The summed E-state index contributed by atoms with van der Waals surface area (Å²) in [5.74, 6) is 0.788. The van der Waals surface area contributed by atoms with Crippen molar-refractivity contribution in [3.63, 3.8) is 0 Å². The number of aryl methyl sites for hydroxylation is 1. The van der Waals surface area contributed by atoms with Crippen molar-refractivity contribution in [3.8, 4) is 11.5 Å². The van der Waals surface area contributed by atoms with Crippen LogP contribution in [-0.4, -0.2) is 51.4 Å². The average Bonchev–Trinajstić information content (AvgIpc) is 2.78. The molecule has 9 heteroatoms. The number of carbonyl (C=O) groups excluding carboxylic acids is 1. The highest BCUT2D eigenvalue weighted by atomic mass is 16.6. The van der Waals surface area contributed by atoms with Crippen LogP contribution >= 0.6 is 0 Å². The fraction of sp³-hybridized carbons (Fsp3) is 0.409. The van der Waals surface area contributed by atoms with Gasteiger partial charge in [0.15, 0.2) is 11.5 Å². The van der Waals surface area contributed by atoms with Gasteiger partial charge in [0.2, 0.25) is 0 Å². The highest BCUT2D eigenvalue weighted by molar-refractivity contribution is 6.00. The summed E-state index contributed by atoms with van der Waals surface area (Å²) >= 11 is 0. The molecule has 0 radical (unpaired) electrons. The molecular weight excluding hydrogens is 402 g/mol. The Bertz CT molecular complexity index is 972. The molecule has 2 aromatic carbocycles. The molecule has 2 aromatic rings. The minimum Gasteiger partial charge on any atom is -0.493 e. The number of nitrogens with zero attached hydrogens (tertiary/aromatic N) is 2. The Morgan fingerprint density at radius 2 is 1.81 bits per heavy atom. The third-order valence-electron chi connectivity index (χ3n) is 5.37. The number of amides is 1. The molecule has 31 heavy (non-hydrogen) atoms. The Morgan fingerprint density at radius 3 is 2.42 bits per heavy atom. The van der Waals surface area contributed by atoms with Gasteiger partial charge in [-0.3, -0.25) is 14.9 Å². The third kappa shape index (κ3) is 4.88. The number of benzene rings is 2. The van der Waals surface area contributed by atoms with Crippen LogP contribution in [-0.2, 0) is 4.74 Å². The van der Waals surface area contributed by atoms with E-state index in [-0.39, 0.29) is 23.2 Å². The minimum absolute atomic E-state index is 0.128. The van der Waals surface area contributed by atoms with Crippen LogP contribution < -0.4 is 19.7 Å². The lowest BCUT2D eigenvalue weighted by Gasteiger charge is -2.30. The fourth-order valence-electron chi connectivity index (χ4n) is 3.71.